The van der Waals surface area contributed by atoms with Crippen molar-refractivity contribution in [1.82, 2.24) is 5.32 Å². The maximum Gasteiger partial charge on any atom is 0.261 e. The van der Waals surface area contributed by atoms with Gasteiger partial charge in [-0.2, -0.15) is 5.26 Å². The zero-order valence-electron chi connectivity index (χ0n) is 15.8. The molecule has 6 heteroatoms. The number of allylic oxidation sites excluding steroid dienone is 2. The summed E-state index contributed by atoms with van der Waals surface area (Å²) in [6.07, 6.45) is 5.07. The number of aromatic hydroxyl groups is 2. The minimum atomic E-state index is -0.468. The van der Waals surface area contributed by atoms with Gasteiger partial charge in [0, 0.05) is 12.6 Å². The van der Waals surface area contributed by atoms with Gasteiger partial charge in [0.25, 0.3) is 5.91 Å². The quantitative estimate of drug-likeness (QED) is 0.390. The number of nitriles is 1. The zero-order chi connectivity index (χ0) is 20.5. The molecule has 0 heterocycles. The highest BCUT2D eigenvalue weighted by Crippen LogP contribution is 2.21. The molecule has 28 heavy (non-hydrogen) atoms. The monoisotopic (exact) mass is 378 g/mol. The Bertz CT molecular complexity index is 935. The van der Waals surface area contributed by atoms with Crippen molar-refractivity contribution in [2.45, 2.75) is 13.3 Å². The van der Waals surface area contributed by atoms with Gasteiger partial charge in [0.05, 0.1) is 7.11 Å². The Morgan fingerprint density at radius 2 is 1.93 bits per heavy atom. The molecule has 2 rings (SSSR count). The average molecular weight is 378 g/mol. The number of phenols is 2. The summed E-state index contributed by atoms with van der Waals surface area (Å²) >= 11 is 0. The SMILES string of the molecule is COc1cc(CCNC(=O)/C(C#N)=C/C=C/c2cc(O)cc(O)c2)ccc1C. The molecule has 0 aliphatic carbocycles. The largest absolute Gasteiger partial charge is 0.508 e. The molecule has 0 bridgehead atoms. The van der Waals surface area contributed by atoms with Crippen LogP contribution in [0.15, 0.2) is 54.1 Å². The molecule has 2 aromatic rings. The minimum Gasteiger partial charge on any atom is -0.508 e. The Balaban J connectivity index is 1.94. The summed E-state index contributed by atoms with van der Waals surface area (Å²) in [7, 11) is 1.61. The molecule has 2 aromatic carbocycles. The number of carbonyl (C=O) groups excluding carboxylic acids is 1. The number of nitrogens with zero attached hydrogens (tertiary/aromatic N) is 1. The van der Waals surface area contributed by atoms with E-state index in [0.717, 1.165) is 16.9 Å². The molecule has 0 saturated carbocycles. The van der Waals surface area contributed by atoms with E-state index in [1.807, 2.05) is 31.2 Å². The summed E-state index contributed by atoms with van der Waals surface area (Å²) in [6.45, 7) is 2.34. The number of aryl methyl sites for hydroxylation is 1. The minimum absolute atomic E-state index is 0.0397. The van der Waals surface area contributed by atoms with E-state index in [-0.39, 0.29) is 17.1 Å². The second kappa shape index (κ2) is 9.83. The van der Waals surface area contributed by atoms with E-state index in [9.17, 15) is 20.3 Å². The van der Waals surface area contributed by atoms with E-state index in [1.165, 1.54) is 30.4 Å². The van der Waals surface area contributed by atoms with Crippen molar-refractivity contribution in [3.05, 3.63) is 70.8 Å². The number of carbonyl (C=O) groups is 1. The van der Waals surface area contributed by atoms with Crippen molar-refractivity contribution in [1.29, 1.82) is 5.26 Å². The molecule has 0 spiro atoms. The first-order valence-corrected chi connectivity index (χ1v) is 8.66. The van der Waals surface area contributed by atoms with Gasteiger partial charge in [-0.1, -0.05) is 24.3 Å². The summed E-state index contributed by atoms with van der Waals surface area (Å²) in [5, 5.41) is 30.8. The molecule has 0 aliphatic heterocycles. The summed E-state index contributed by atoms with van der Waals surface area (Å²) < 4.78 is 5.29. The van der Waals surface area contributed by atoms with Crippen molar-refractivity contribution in [2.75, 3.05) is 13.7 Å². The van der Waals surface area contributed by atoms with Crippen LogP contribution in [-0.4, -0.2) is 29.8 Å². The maximum atomic E-state index is 12.2. The highest BCUT2D eigenvalue weighted by molar-refractivity contribution is 5.97. The Morgan fingerprint density at radius 3 is 2.57 bits per heavy atom. The lowest BCUT2D eigenvalue weighted by Crippen LogP contribution is -2.26. The third-order valence-corrected chi connectivity index (χ3v) is 4.01. The Morgan fingerprint density at radius 1 is 1.21 bits per heavy atom. The smallest absolute Gasteiger partial charge is 0.261 e. The van der Waals surface area contributed by atoms with Crippen LogP contribution in [0.3, 0.4) is 0 Å². The summed E-state index contributed by atoms with van der Waals surface area (Å²) in [5.74, 6) is 0.179. The fourth-order valence-electron chi connectivity index (χ4n) is 2.57. The number of rotatable bonds is 7. The van der Waals surface area contributed by atoms with Crippen LogP contribution in [0.5, 0.6) is 17.2 Å². The number of hydrogen-bond acceptors (Lipinski definition) is 5. The highest BCUT2D eigenvalue weighted by atomic mass is 16.5. The van der Waals surface area contributed by atoms with Gasteiger partial charge in [0.1, 0.15) is 28.9 Å². The number of nitrogens with one attached hydrogen (secondary N) is 1. The summed E-state index contributed by atoms with van der Waals surface area (Å²) in [6, 6.07) is 11.8. The van der Waals surface area contributed by atoms with Gasteiger partial charge in [-0.25, -0.2) is 0 Å². The number of phenolic OH excluding ortho intramolecular Hbond substituents is 2. The number of methoxy groups -OCH3 is 1. The number of amides is 1. The van der Waals surface area contributed by atoms with Gasteiger partial charge in [-0.05, 0) is 54.3 Å². The Labute approximate surface area is 164 Å². The first-order valence-electron chi connectivity index (χ1n) is 8.66. The first-order chi connectivity index (χ1) is 13.4. The van der Waals surface area contributed by atoms with Crippen molar-refractivity contribution in [3.63, 3.8) is 0 Å². The average Bonchev–Trinajstić information content (AvgIpc) is 2.65. The van der Waals surface area contributed by atoms with Gasteiger partial charge in [-0.3, -0.25) is 4.79 Å². The number of ether oxygens (including phenoxy) is 1. The second-order valence-electron chi connectivity index (χ2n) is 6.14. The standard InChI is InChI=1S/C22H22N2O4/c1-15-6-7-16(12-21(15)28-2)8-9-24-22(27)18(14-23)5-3-4-17-10-19(25)13-20(26)11-17/h3-7,10-13,25-26H,8-9H2,1-2H3,(H,24,27)/b4-3+,18-5+. The van der Waals surface area contributed by atoms with Crippen LogP contribution in [0.2, 0.25) is 0 Å². The van der Waals surface area contributed by atoms with Gasteiger partial charge >= 0.3 is 0 Å². The van der Waals surface area contributed by atoms with E-state index < -0.39 is 5.91 Å². The van der Waals surface area contributed by atoms with Crippen LogP contribution in [0.25, 0.3) is 6.08 Å². The Hall–Kier alpha value is -3.72. The highest BCUT2D eigenvalue weighted by Gasteiger charge is 2.07. The van der Waals surface area contributed by atoms with E-state index in [1.54, 1.807) is 13.2 Å². The molecule has 0 fully saturated rings. The predicted octanol–water partition coefficient (Wildman–Crippen LogP) is 3.24. The lowest BCUT2D eigenvalue weighted by atomic mass is 10.1. The molecule has 1 amide bonds. The van der Waals surface area contributed by atoms with Gasteiger partial charge in [-0.15, -0.1) is 0 Å². The van der Waals surface area contributed by atoms with Crippen LogP contribution < -0.4 is 10.1 Å². The maximum absolute atomic E-state index is 12.2. The molecule has 0 aliphatic rings. The molecule has 0 unspecified atom stereocenters. The van der Waals surface area contributed by atoms with Crippen LogP contribution in [0, 0.1) is 18.3 Å². The molecule has 0 radical (unpaired) electrons. The summed E-state index contributed by atoms with van der Waals surface area (Å²) in [4.78, 5) is 12.2. The lowest BCUT2D eigenvalue weighted by molar-refractivity contribution is -0.117. The number of hydrogen-bond donors (Lipinski definition) is 3. The van der Waals surface area contributed by atoms with Crippen molar-refractivity contribution in [2.24, 2.45) is 0 Å². The van der Waals surface area contributed by atoms with E-state index in [0.29, 0.717) is 18.5 Å². The molecule has 0 saturated heterocycles. The molecule has 3 N–H and O–H groups in total. The van der Waals surface area contributed by atoms with E-state index in [4.69, 9.17) is 4.74 Å². The second-order valence-corrected chi connectivity index (χ2v) is 6.14. The van der Waals surface area contributed by atoms with Crippen LogP contribution >= 0.6 is 0 Å². The molecular weight excluding hydrogens is 356 g/mol. The fourth-order valence-corrected chi connectivity index (χ4v) is 2.57. The zero-order valence-corrected chi connectivity index (χ0v) is 15.8. The van der Waals surface area contributed by atoms with Crippen LogP contribution in [0.1, 0.15) is 16.7 Å². The van der Waals surface area contributed by atoms with Gasteiger partial charge in [0.2, 0.25) is 0 Å². The first kappa shape index (κ1) is 20.6. The number of benzene rings is 2. The Kier molecular flexibility index (Phi) is 7.23. The molecular formula is C22H22N2O4. The third-order valence-electron chi connectivity index (χ3n) is 4.01. The van der Waals surface area contributed by atoms with Gasteiger partial charge < -0.3 is 20.3 Å². The molecule has 6 nitrogen and oxygen atoms in total. The van der Waals surface area contributed by atoms with Crippen LogP contribution in [0.4, 0.5) is 0 Å². The predicted molar refractivity (Wildman–Crippen MR) is 107 cm³/mol. The normalized spacial score (nSPS) is 11.2. The van der Waals surface area contributed by atoms with Crippen molar-refractivity contribution in [3.8, 4) is 23.3 Å². The van der Waals surface area contributed by atoms with Crippen molar-refractivity contribution >= 4 is 12.0 Å². The van der Waals surface area contributed by atoms with Crippen LogP contribution in [-0.2, 0) is 11.2 Å². The third kappa shape index (κ3) is 5.92. The van der Waals surface area contributed by atoms with E-state index in [2.05, 4.69) is 5.32 Å². The fraction of sp³-hybridized carbons (Fsp3) is 0.182. The van der Waals surface area contributed by atoms with Crippen molar-refractivity contribution < 1.29 is 19.7 Å². The lowest BCUT2D eigenvalue weighted by Gasteiger charge is -2.08. The molecule has 144 valence electrons. The molecule has 0 atom stereocenters. The topological polar surface area (TPSA) is 103 Å². The molecule has 0 aromatic heterocycles. The van der Waals surface area contributed by atoms with Gasteiger partial charge in [0.15, 0.2) is 0 Å². The summed E-state index contributed by atoms with van der Waals surface area (Å²) in [5.41, 5.74) is 2.56. The van der Waals surface area contributed by atoms with E-state index >= 15 is 0 Å².